The van der Waals surface area contributed by atoms with Crippen molar-refractivity contribution >= 4 is 27.3 Å². The van der Waals surface area contributed by atoms with Gasteiger partial charge in [0.2, 0.25) is 0 Å². The van der Waals surface area contributed by atoms with Crippen molar-refractivity contribution in [1.82, 2.24) is 14.3 Å². The number of hydrogen-bond donors (Lipinski definition) is 0. The molecule has 2 heterocycles. The van der Waals surface area contributed by atoms with Crippen LogP contribution in [0.25, 0.3) is 0 Å². The van der Waals surface area contributed by atoms with E-state index in [1.54, 1.807) is 0 Å². The SMILES string of the molecule is CCn1nc(C)c(Br)c1Cn1c(C)c(C)sc1=O. The molecule has 0 atom stereocenters. The minimum atomic E-state index is 0.0957. The van der Waals surface area contributed by atoms with Gasteiger partial charge >= 0.3 is 4.87 Å². The van der Waals surface area contributed by atoms with Crippen LogP contribution in [0.5, 0.6) is 0 Å². The Kier molecular flexibility index (Phi) is 3.77. The van der Waals surface area contributed by atoms with E-state index in [0.717, 1.165) is 33.0 Å². The van der Waals surface area contributed by atoms with E-state index < -0.39 is 0 Å². The highest BCUT2D eigenvalue weighted by atomic mass is 79.9. The summed E-state index contributed by atoms with van der Waals surface area (Å²) in [6.07, 6.45) is 0. The number of rotatable bonds is 3. The van der Waals surface area contributed by atoms with Gasteiger partial charge in [-0.3, -0.25) is 14.0 Å². The maximum absolute atomic E-state index is 11.9. The second kappa shape index (κ2) is 5.01. The highest BCUT2D eigenvalue weighted by molar-refractivity contribution is 9.10. The van der Waals surface area contributed by atoms with Gasteiger partial charge in [-0.25, -0.2) is 0 Å². The van der Waals surface area contributed by atoms with Crippen LogP contribution in [0.1, 0.15) is 28.9 Å². The predicted octanol–water partition coefficient (Wildman–Crippen LogP) is 2.86. The van der Waals surface area contributed by atoms with Crippen molar-refractivity contribution in [2.75, 3.05) is 0 Å². The molecule has 0 aliphatic rings. The normalized spacial score (nSPS) is 11.2. The molecule has 0 unspecified atom stereocenters. The number of thiazole rings is 1. The quantitative estimate of drug-likeness (QED) is 0.868. The van der Waals surface area contributed by atoms with E-state index in [2.05, 4.69) is 28.0 Å². The van der Waals surface area contributed by atoms with Crippen LogP contribution < -0.4 is 4.87 Å². The number of halogens is 1. The summed E-state index contributed by atoms with van der Waals surface area (Å²) in [5.74, 6) is 0. The Hall–Kier alpha value is -0.880. The summed E-state index contributed by atoms with van der Waals surface area (Å²) in [5.41, 5.74) is 3.06. The van der Waals surface area contributed by atoms with Gasteiger partial charge in [0.05, 0.1) is 22.4 Å². The predicted molar refractivity (Wildman–Crippen MR) is 77.5 cm³/mol. The minimum absolute atomic E-state index is 0.0957. The third kappa shape index (κ3) is 2.19. The second-order valence-corrected chi connectivity index (χ2v) is 6.22. The van der Waals surface area contributed by atoms with E-state index >= 15 is 0 Å². The van der Waals surface area contributed by atoms with Crippen LogP contribution in [-0.4, -0.2) is 14.3 Å². The van der Waals surface area contributed by atoms with Crippen LogP contribution in [-0.2, 0) is 13.1 Å². The molecule has 0 aromatic carbocycles. The molecule has 0 spiro atoms. The summed E-state index contributed by atoms with van der Waals surface area (Å²) in [6, 6.07) is 0. The monoisotopic (exact) mass is 329 g/mol. The molecule has 2 aromatic heterocycles. The first-order valence-corrected chi connectivity index (χ1v) is 7.45. The topological polar surface area (TPSA) is 39.8 Å². The summed E-state index contributed by atoms with van der Waals surface area (Å²) >= 11 is 4.86. The number of aryl methyl sites for hydroxylation is 3. The molecule has 98 valence electrons. The first-order valence-electron chi connectivity index (χ1n) is 5.84. The molecule has 2 rings (SSSR count). The van der Waals surface area contributed by atoms with Gasteiger partial charge in [-0.1, -0.05) is 11.3 Å². The van der Waals surface area contributed by atoms with Gasteiger partial charge in [-0.2, -0.15) is 5.10 Å². The fourth-order valence-electron chi connectivity index (χ4n) is 1.94. The standard InChI is InChI=1S/C12H16BrN3OS/c1-5-16-10(11(13)7(2)14-16)6-15-8(3)9(4)18-12(15)17/h5-6H2,1-4H3. The van der Waals surface area contributed by atoms with Crippen molar-refractivity contribution in [2.45, 2.75) is 40.8 Å². The van der Waals surface area contributed by atoms with Gasteiger partial charge in [-0.15, -0.1) is 0 Å². The first kappa shape index (κ1) is 13.5. The lowest BCUT2D eigenvalue weighted by Crippen LogP contribution is -2.18. The fourth-order valence-corrected chi connectivity index (χ4v) is 3.18. The first-order chi connectivity index (χ1) is 8.45. The third-order valence-electron chi connectivity index (χ3n) is 3.14. The second-order valence-electron chi connectivity index (χ2n) is 4.26. The molecule has 0 N–H and O–H groups in total. The van der Waals surface area contributed by atoms with Gasteiger partial charge in [0.25, 0.3) is 0 Å². The molecule has 0 aliphatic carbocycles. The van der Waals surface area contributed by atoms with Gasteiger partial charge in [0, 0.05) is 17.1 Å². The Bertz CT molecular complexity index is 639. The van der Waals surface area contributed by atoms with E-state index in [0.29, 0.717) is 6.54 Å². The fraction of sp³-hybridized carbons (Fsp3) is 0.500. The summed E-state index contributed by atoms with van der Waals surface area (Å²) < 4.78 is 4.76. The van der Waals surface area contributed by atoms with Gasteiger partial charge < -0.3 is 0 Å². The van der Waals surface area contributed by atoms with Crippen LogP contribution in [0, 0.1) is 20.8 Å². The Morgan fingerprint density at radius 3 is 2.50 bits per heavy atom. The van der Waals surface area contributed by atoms with E-state index in [1.807, 2.05) is 30.0 Å². The zero-order valence-corrected chi connectivity index (χ0v) is 13.4. The molecule has 4 nitrogen and oxygen atoms in total. The Morgan fingerprint density at radius 2 is 2.00 bits per heavy atom. The largest absolute Gasteiger partial charge is 0.307 e. The van der Waals surface area contributed by atoms with E-state index in [-0.39, 0.29) is 4.87 Å². The zero-order valence-electron chi connectivity index (χ0n) is 11.0. The maximum atomic E-state index is 11.9. The number of hydrogen-bond acceptors (Lipinski definition) is 3. The zero-order chi connectivity index (χ0) is 13.4. The molecule has 0 amide bonds. The molecule has 0 saturated heterocycles. The average molecular weight is 330 g/mol. The summed E-state index contributed by atoms with van der Waals surface area (Å²) in [7, 11) is 0. The van der Waals surface area contributed by atoms with E-state index in [9.17, 15) is 4.79 Å². The molecule has 0 saturated carbocycles. The number of nitrogens with zero attached hydrogens (tertiary/aromatic N) is 3. The highest BCUT2D eigenvalue weighted by Crippen LogP contribution is 2.22. The van der Waals surface area contributed by atoms with Crippen LogP contribution in [0.4, 0.5) is 0 Å². The Labute approximate surface area is 118 Å². The lowest BCUT2D eigenvalue weighted by Gasteiger charge is -2.08. The molecule has 0 radical (unpaired) electrons. The van der Waals surface area contributed by atoms with E-state index in [1.165, 1.54) is 11.3 Å². The lowest BCUT2D eigenvalue weighted by atomic mass is 10.3. The van der Waals surface area contributed by atoms with Crippen LogP contribution in [0.3, 0.4) is 0 Å². The summed E-state index contributed by atoms with van der Waals surface area (Å²) in [6.45, 7) is 9.37. The molecule has 2 aromatic rings. The average Bonchev–Trinajstić information content (AvgIpc) is 2.73. The van der Waals surface area contributed by atoms with Crippen molar-refractivity contribution < 1.29 is 0 Å². The van der Waals surface area contributed by atoms with Crippen molar-refractivity contribution in [3.63, 3.8) is 0 Å². The van der Waals surface area contributed by atoms with Crippen molar-refractivity contribution in [1.29, 1.82) is 0 Å². The third-order valence-corrected chi connectivity index (χ3v) is 5.16. The molecule has 0 aliphatic heterocycles. The van der Waals surface area contributed by atoms with Crippen LogP contribution in [0.2, 0.25) is 0 Å². The van der Waals surface area contributed by atoms with Crippen LogP contribution in [0.15, 0.2) is 9.27 Å². The Morgan fingerprint density at radius 1 is 1.33 bits per heavy atom. The number of aromatic nitrogens is 3. The lowest BCUT2D eigenvalue weighted by molar-refractivity contribution is 0.589. The molecule has 6 heteroatoms. The molecular formula is C12H16BrN3OS. The molecule has 0 fully saturated rings. The van der Waals surface area contributed by atoms with Crippen molar-refractivity contribution in [3.05, 3.63) is 36.1 Å². The highest BCUT2D eigenvalue weighted by Gasteiger charge is 2.15. The maximum Gasteiger partial charge on any atom is 0.307 e. The smallest absolute Gasteiger partial charge is 0.297 e. The molecule has 0 bridgehead atoms. The molecule has 18 heavy (non-hydrogen) atoms. The summed E-state index contributed by atoms with van der Waals surface area (Å²) in [4.78, 5) is 13.1. The van der Waals surface area contributed by atoms with Gasteiger partial charge in [-0.05, 0) is 43.6 Å². The van der Waals surface area contributed by atoms with Gasteiger partial charge in [0.15, 0.2) is 0 Å². The summed E-state index contributed by atoms with van der Waals surface area (Å²) in [5, 5.41) is 4.45. The minimum Gasteiger partial charge on any atom is -0.297 e. The van der Waals surface area contributed by atoms with Gasteiger partial charge in [0.1, 0.15) is 0 Å². The Balaban J connectivity index is 2.49. The van der Waals surface area contributed by atoms with Crippen molar-refractivity contribution in [3.8, 4) is 0 Å². The van der Waals surface area contributed by atoms with Crippen molar-refractivity contribution in [2.24, 2.45) is 0 Å². The van der Waals surface area contributed by atoms with E-state index in [4.69, 9.17) is 0 Å². The molecular weight excluding hydrogens is 314 g/mol. The van der Waals surface area contributed by atoms with Crippen LogP contribution >= 0.6 is 27.3 Å².